The van der Waals surface area contributed by atoms with Gasteiger partial charge in [0.05, 0.1) is 5.56 Å². The summed E-state index contributed by atoms with van der Waals surface area (Å²) in [5, 5.41) is 0. The lowest BCUT2D eigenvalue weighted by atomic mass is 10.0. The summed E-state index contributed by atoms with van der Waals surface area (Å²) in [4.78, 5) is 11.5. The van der Waals surface area contributed by atoms with Crippen LogP contribution in [0.25, 0.3) is 0 Å². The number of benzene rings is 1. The third kappa shape index (κ3) is 1.43. The minimum absolute atomic E-state index is 0.152. The minimum atomic E-state index is -0.745. The maximum atomic E-state index is 13.4. The van der Waals surface area contributed by atoms with E-state index in [0.29, 0.717) is 5.56 Å². The summed E-state index contributed by atoms with van der Waals surface area (Å²) in [6, 6.07) is 2.49. The van der Waals surface area contributed by atoms with Crippen molar-refractivity contribution in [1.29, 1.82) is 0 Å². The summed E-state index contributed by atoms with van der Waals surface area (Å²) >= 11 is 0. The molecule has 3 heteroatoms. The number of rotatable bonds is 2. The van der Waals surface area contributed by atoms with Gasteiger partial charge in [-0.2, -0.15) is 0 Å². The largest absolute Gasteiger partial charge is 0.294 e. The van der Waals surface area contributed by atoms with Gasteiger partial charge in [-0.15, -0.1) is 0 Å². The second-order valence-corrected chi connectivity index (χ2v) is 3.69. The molecule has 0 saturated heterocycles. The Kier molecular flexibility index (Phi) is 2.10. The molecule has 1 fully saturated rings. The van der Waals surface area contributed by atoms with Gasteiger partial charge in [0.1, 0.15) is 11.6 Å². The van der Waals surface area contributed by atoms with Crippen LogP contribution in [0.5, 0.6) is 0 Å². The van der Waals surface area contributed by atoms with Gasteiger partial charge in [-0.25, -0.2) is 8.78 Å². The Balaban J connectivity index is 2.49. The lowest BCUT2D eigenvalue weighted by Crippen LogP contribution is -2.08. The smallest absolute Gasteiger partial charge is 0.171 e. The van der Waals surface area contributed by atoms with Crippen molar-refractivity contribution in [2.45, 2.75) is 19.8 Å². The van der Waals surface area contributed by atoms with Crippen LogP contribution in [0.2, 0.25) is 0 Å². The average Bonchev–Trinajstić information content (AvgIpc) is 2.95. The van der Waals surface area contributed by atoms with Crippen LogP contribution in [-0.4, -0.2) is 5.78 Å². The summed E-state index contributed by atoms with van der Waals surface area (Å²) < 4.78 is 26.6. The molecule has 1 aliphatic carbocycles. The SMILES string of the molecule is Cc1ccc(F)c(C(=O)C2CC2)c1F. The Labute approximate surface area is 80.7 Å². The fourth-order valence-electron chi connectivity index (χ4n) is 1.43. The van der Waals surface area contributed by atoms with Crippen molar-refractivity contribution in [2.75, 3.05) is 0 Å². The number of aryl methyl sites for hydroxylation is 1. The zero-order chi connectivity index (χ0) is 10.3. The van der Waals surface area contributed by atoms with E-state index in [1.54, 1.807) is 0 Å². The maximum Gasteiger partial charge on any atom is 0.171 e. The third-order valence-electron chi connectivity index (χ3n) is 2.48. The highest BCUT2D eigenvalue weighted by molar-refractivity contribution is 5.99. The number of carbonyl (C=O) groups is 1. The second-order valence-electron chi connectivity index (χ2n) is 3.69. The summed E-state index contributed by atoms with van der Waals surface area (Å²) in [6.07, 6.45) is 1.51. The molecule has 1 saturated carbocycles. The highest BCUT2D eigenvalue weighted by atomic mass is 19.1. The van der Waals surface area contributed by atoms with E-state index in [4.69, 9.17) is 0 Å². The molecule has 0 spiro atoms. The van der Waals surface area contributed by atoms with Gasteiger partial charge in [-0.3, -0.25) is 4.79 Å². The topological polar surface area (TPSA) is 17.1 Å². The standard InChI is InChI=1S/C11H10F2O/c1-6-2-5-8(12)9(10(6)13)11(14)7-3-4-7/h2,5,7H,3-4H2,1H3. The first-order valence-electron chi connectivity index (χ1n) is 4.60. The Hall–Kier alpha value is -1.25. The zero-order valence-corrected chi connectivity index (χ0v) is 7.81. The molecule has 1 nitrogen and oxygen atoms in total. The number of carbonyl (C=O) groups excluding carboxylic acids is 1. The highest BCUT2D eigenvalue weighted by Gasteiger charge is 2.34. The summed E-state index contributed by atoms with van der Waals surface area (Å²) in [6.45, 7) is 1.53. The van der Waals surface area contributed by atoms with Gasteiger partial charge in [-0.05, 0) is 31.4 Å². The Bertz CT molecular complexity index is 395. The molecule has 1 aliphatic rings. The van der Waals surface area contributed by atoms with Crippen molar-refractivity contribution in [3.05, 3.63) is 34.9 Å². The molecular weight excluding hydrogens is 186 g/mol. The van der Waals surface area contributed by atoms with Gasteiger partial charge in [-0.1, -0.05) is 6.07 Å². The molecular formula is C11H10F2O. The number of ketones is 1. The molecule has 0 aromatic heterocycles. The molecule has 0 bridgehead atoms. The van der Waals surface area contributed by atoms with Gasteiger partial charge in [0.2, 0.25) is 0 Å². The third-order valence-corrected chi connectivity index (χ3v) is 2.48. The van der Waals surface area contributed by atoms with Crippen LogP contribution in [0, 0.1) is 24.5 Å². The highest BCUT2D eigenvalue weighted by Crippen LogP contribution is 2.34. The van der Waals surface area contributed by atoms with Crippen molar-refractivity contribution in [3.8, 4) is 0 Å². The van der Waals surface area contributed by atoms with E-state index in [1.807, 2.05) is 0 Å². The van der Waals surface area contributed by atoms with E-state index < -0.39 is 11.6 Å². The van der Waals surface area contributed by atoms with E-state index in [1.165, 1.54) is 13.0 Å². The second kappa shape index (κ2) is 3.15. The van der Waals surface area contributed by atoms with Crippen molar-refractivity contribution < 1.29 is 13.6 Å². The van der Waals surface area contributed by atoms with Gasteiger partial charge in [0.25, 0.3) is 0 Å². The molecule has 74 valence electrons. The molecule has 0 atom stereocenters. The van der Waals surface area contributed by atoms with Crippen LogP contribution in [0.3, 0.4) is 0 Å². The average molecular weight is 196 g/mol. The first kappa shape index (κ1) is 9.31. The molecule has 0 amide bonds. The molecule has 1 aromatic carbocycles. The summed E-state index contributed by atoms with van der Waals surface area (Å²) in [7, 11) is 0. The van der Waals surface area contributed by atoms with Crippen LogP contribution in [0.1, 0.15) is 28.8 Å². The molecule has 0 radical (unpaired) electrons. The number of Topliss-reactive ketones (excluding diaryl/α,β-unsaturated/α-hetero) is 1. The van der Waals surface area contributed by atoms with Crippen LogP contribution in [-0.2, 0) is 0 Å². The van der Waals surface area contributed by atoms with Crippen molar-refractivity contribution in [1.82, 2.24) is 0 Å². The molecule has 0 heterocycles. The number of hydrogen-bond donors (Lipinski definition) is 0. The van der Waals surface area contributed by atoms with E-state index in [-0.39, 0.29) is 17.3 Å². The monoisotopic (exact) mass is 196 g/mol. The minimum Gasteiger partial charge on any atom is -0.294 e. The van der Waals surface area contributed by atoms with Gasteiger partial charge in [0.15, 0.2) is 5.78 Å². The molecule has 0 N–H and O–H groups in total. The fraction of sp³-hybridized carbons (Fsp3) is 0.364. The normalized spacial score (nSPS) is 15.6. The van der Waals surface area contributed by atoms with E-state index in [2.05, 4.69) is 0 Å². The first-order chi connectivity index (χ1) is 6.61. The van der Waals surface area contributed by atoms with Gasteiger partial charge in [0, 0.05) is 5.92 Å². The van der Waals surface area contributed by atoms with Crippen molar-refractivity contribution in [2.24, 2.45) is 5.92 Å². The van der Waals surface area contributed by atoms with Crippen LogP contribution in [0.4, 0.5) is 8.78 Å². The summed E-state index contributed by atoms with van der Waals surface area (Å²) in [5.41, 5.74) is -0.0390. The number of hydrogen-bond acceptors (Lipinski definition) is 1. The predicted octanol–water partition coefficient (Wildman–Crippen LogP) is 2.87. The van der Waals surface area contributed by atoms with Crippen LogP contribution >= 0.6 is 0 Å². The zero-order valence-electron chi connectivity index (χ0n) is 7.81. The Morgan fingerprint density at radius 3 is 2.57 bits per heavy atom. The van der Waals surface area contributed by atoms with Crippen molar-refractivity contribution >= 4 is 5.78 Å². The molecule has 0 unspecified atom stereocenters. The number of halogens is 2. The van der Waals surface area contributed by atoms with Gasteiger partial charge < -0.3 is 0 Å². The Morgan fingerprint density at radius 1 is 1.36 bits per heavy atom. The maximum absolute atomic E-state index is 13.4. The van der Waals surface area contributed by atoms with E-state index >= 15 is 0 Å². The van der Waals surface area contributed by atoms with Crippen LogP contribution < -0.4 is 0 Å². The van der Waals surface area contributed by atoms with E-state index in [0.717, 1.165) is 18.9 Å². The lowest BCUT2D eigenvalue weighted by molar-refractivity contribution is 0.0959. The predicted molar refractivity (Wildman–Crippen MR) is 48.1 cm³/mol. The fourth-order valence-corrected chi connectivity index (χ4v) is 1.43. The molecule has 2 rings (SSSR count). The first-order valence-corrected chi connectivity index (χ1v) is 4.60. The Morgan fingerprint density at radius 2 is 2.00 bits per heavy atom. The summed E-state index contributed by atoms with van der Waals surface area (Å²) in [5.74, 6) is -1.99. The molecule has 0 aliphatic heterocycles. The quantitative estimate of drug-likeness (QED) is 0.665. The van der Waals surface area contributed by atoms with Gasteiger partial charge >= 0.3 is 0 Å². The van der Waals surface area contributed by atoms with Crippen LogP contribution in [0.15, 0.2) is 12.1 Å². The lowest BCUT2D eigenvalue weighted by Gasteiger charge is -2.04. The molecule has 1 aromatic rings. The van der Waals surface area contributed by atoms with E-state index in [9.17, 15) is 13.6 Å². The molecule has 14 heavy (non-hydrogen) atoms. The van der Waals surface area contributed by atoms with Crippen molar-refractivity contribution in [3.63, 3.8) is 0 Å².